The summed E-state index contributed by atoms with van der Waals surface area (Å²) in [6.07, 6.45) is 5.84. The molecule has 3 rings (SSSR count). The Bertz CT molecular complexity index is 740. The molecule has 6 heteroatoms. The average Bonchev–Trinajstić information content (AvgIpc) is 3.20. The molecule has 1 aliphatic rings. The molecule has 1 aromatic carbocycles. The number of anilines is 2. The highest BCUT2D eigenvalue weighted by Gasteiger charge is 2.17. The van der Waals surface area contributed by atoms with Crippen LogP contribution in [0.2, 0.25) is 0 Å². The fourth-order valence-corrected chi connectivity index (χ4v) is 3.11. The van der Waals surface area contributed by atoms with Gasteiger partial charge in [0.15, 0.2) is 0 Å². The van der Waals surface area contributed by atoms with Gasteiger partial charge >= 0.3 is 0 Å². The minimum absolute atomic E-state index is 0.00133. The third-order valence-corrected chi connectivity index (χ3v) is 4.53. The molecule has 136 valence electrons. The Kier molecular flexibility index (Phi) is 5.84. The van der Waals surface area contributed by atoms with Gasteiger partial charge in [0.2, 0.25) is 11.8 Å². The number of rotatable bonds is 6. The van der Waals surface area contributed by atoms with E-state index in [0.29, 0.717) is 6.54 Å². The van der Waals surface area contributed by atoms with Crippen LogP contribution in [-0.2, 0) is 16.1 Å². The van der Waals surface area contributed by atoms with Gasteiger partial charge in [0.1, 0.15) is 6.54 Å². The lowest BCUT2D eigenvalue weighted by Crippen LogP contribution is -2.39. The second-order valence-electron chi connectivity index (χ2n) is 6.45. The minimum atomic E-state index is -0.201. The molecule has 0 bridgehead atoms. The van der Waals surface area contributed by atoms with E-state index in [1.165, 1.54) is 24.7 Å². The number of benzene rings is 1. The van der Waals surface area contributed by atoms with Crippen LogP contribution in [0, 0.1) is 0 Å². The van der Waals surface area contributed by atoms with Crippen LogP contribution >= 0.6 is 0 Å². The number of nitrogens with one attached hydrogen (secondary N) is 1. The van der Waals surface area contributed by atoms with E-state index in [2.05, 4.69) is 15.2 Å². The van der Waals surface area contributed by atoms with E-state index in [9.17, 15) is 9.59 Å². The fraction of sp³-hybridized carbons (Fsp3) is 0.350. The molecule has 26 heavy (non-hydrogen) atoms. The average molecular weight is 352 g/mol. The lowest BCUT2D eigenvalue weighted by atomic mass is 10.2. The first kappa shape index (κ1) is 17.9. The molecule has 1 saturated heterocycles. The van der Waals surface area contributed by atoms with Crippen molar-refractivity contribution in [2.24, 2.45) is 0 Å². The molecule has 1 fully saturated rings. The van der Waals surface area contributed by atoms with Gasteiger partial charge < -0.3 is 15.1 Å². The van der Waals surface area contributed by atoms with E-state index in [1.807, 2.05) is 36.4 Å². The van der Waals surface area contributed by atoms with E-state index in [4.69, 9.17) is 0 Å². The Morgan fingerprint density at radius 3 is 2.50 bits per heavy atom. The summed E-state index contributed by atoms with van der Waals surface area (Å²) in [5, 5.41) is 2.83. The molecule has 0 radical (unpaired) electrons. The number of nitrogens with zero attached hydrogens (tertiary/aromatic N) is 3. The minimum Gasteiger partial charge on any atom is -0.372 e. The molecule has 0 aliphatic carbocycles. The predicted molar refractivity (Wildman–Crippen MR) is 102 cm³/mol. The Labute approximate surface area is 153 Å². The third-order valence-electron chi connectivity index (χ3n) is 4.53. The van der Waals surface area contributed by atoms with Crippen molar-refractivity contribution < 1.29 is 9.59 Å². The maximum atomic E-state index is 12.2. The van der Waals surface area contributed by atoms with Gasteiger partial charge in [-0.25, -0.2) is 0 Å². The van der Waals surface area contributed by atoms with Crippen molar-refractivity contribution in [1.82, 2.24) is 10.3 Å². The van der Waals surface area contributed by atoms with Gasteiger partial charge in [-0.3, -0.25) is 14.6 Å². The summed E-state index contributed by atoms with van der Waals surface area (Å²) in [7, 11) is 0. The van der Waals surface area contributed by atoms with Crippen molar-refractivity contribution in [2.45, 2.75) is 26.3 Å². The van der Waals surface area contributed by atoms with Crippen LogP contribution in [0.1, 0.15) is 25.3 Å². The molecule has 0 saturated carbocycles. The molecule has 0 atom stereocenters. The smallest absolute Gasteiger partial charge is 0.240 e. The maximum absolute atomic E-state index is 12.2. The molecule has 0 unspecified atom stereocenters. The Hall–Kier alpha value is -2.89. The van der Waals surface area contributed by atoms with Gasteiger partial charge in [0.25, 0.3) is 0 Å². The molecular weight excluding hydrogens is 328 g/mol. The number of hydrogen-bond acceptors (Lipinski definition) is 4. The van der Waals surface area contributed by atoms with Gasteiger partial charge in [0, 0.05) is 50.3 Å². The first-order valence-electron chi connectivity index (χ1n) is 8.92. The van der Waals surface area contributed by atoms with Crippen LogP contribution in [-0.4, -0.2) is 36.4 Å². The quantitative estimate of drug-likeness (QED) is 0.867. The van der Waals surface area contributed by atoms with Gasteiger partial charge in [-0.15, -0.1) is 0 Å². The van der Waals surface area contributed by atoms with Crippen molar-refractivity contribution in [1.29, 1.82) is 0 Å². The van der Waals surface area contributed by atoms with Crippen LogP contribution in [0.25, 0.3) is 0 Å². The normalized spacial score (nSPS) is 13.5. The van der Waals surface area contributed by atoms with Gasteiger partial charge in [-0.05, 0) is 48.7 Å². The largest absolute Gasteiger partial charge is 0.372 e. The first-order valence-corrected chi connectivity index (χ1v) is 8.92. The predicted octanol–water partition coefficient (Wildman–Crippen LogP) is 2.35. The zero-order valence-corrected chi connectivity index (χ0v) is 15.0. The van der Waals surface area contributed by atoms with Crippen molar-refractivity contribution >= 4 is 23.2 Å². The maximum Gasteiger partial charge on any atom is 0.240 e. The van der Waals surface area contributed by atoms with Crippen LogP contribution < -0.4 is 15.1 Å². The lowest BCUT2D eigenvalue weighted by Gasteiger charge is -2.23. The van der Waals surface area contributed by atoms with Crippen LogP contribution in [0.5, 0.6) is 0 Å². The summed E-state index contributed by atoms with van der Waals surface area (Å²) < 4.78 is 0. The Balaban J connectivity index is 1.61. The second kappa shape index (κ2) is 8.47. The number of aromatic nitrogens is 1. The first-order chi connectivity index (χ1) is 12.6. The molecule has 2 amide bonds. The summed E-state index contributed by atoms with van der Waals surface area (Å²) in [6, 6.07) is 11.6. The molecule has 1 N–H and O–H groups in total. The summed E-state index contributed by atoms with van der Waals surface area (Å²) in [5.74, 6) is -0.358. The highest BCUT2D eigenvalue weighted by atomic mass is 16.2. The number of carbonyl (C=O) groups excluding carboxylic acids is 2. The van der Waals surface area contributed by atoms with Gasteiger partial charge in [-0.2, -0.15) is 0 Å². The van der Waals surface area contributed by atoms with Crippen molar-refractivity contribution in [3.05, 3.63) is 54.4 Å². The zero-order valence-electron chi connectivity index (χ0n) is 15.0. The third kappa shape index (κ3) is 4.59. The molecule has 1 aliphatic heterocycles. The fourth-order valence-electron chi connectivity index (χ4n) is 3.11. The Morgan fingerprint density at radius 2 is 1.88 bits per heavy atom. The molecule has 6 nitrogen and oxygen atoms in total. The van der Waals surface area contributed by atoms with Crippen LogP contribution in [0.4, 0.5) is 11.4 Å². The SMILES string of the molecule is CC(=O)N(CC(=O)NCc1cccnc1)c1ccc(N2CCCC2)cc1. The number of hydrogen-bond donors (Lipinski definition) is 1. The zero-order chi connectivity index (χ0) is 18.4. The van der Waals surface area contributed by atoms with E-state index in [1.54, 1.807) is 12.4 Å². The summed E-state index contributed by atoms with van der Waals surface area (Å²) in [6.45, 7) is 4.02. The number of carbonyl (C=O) groups is 2. The Morgan fingerprint density at radius 1 is 1.15 bits per heavy atom. The topological polar surface area (TPSA) is 65.5 Å². The standard InChI is InChI=1S/C20H24N4O2/c1-16(25)24(15-20(26)22-14-17-5-4-10-21-13-17)19-8-6-18(7-9-19)23-11-2-3-12-23/h4-10,13H,2-3,11-12,14-15H2,1H3,(H,22,26). The monoisotopic (exact) mass is 352 g/mol. The number of amides is 2. The van der Waals surface area contributed by atoms with Crippen molar-refractivity contribution in [3.63, 3.8) is 0 Å². The molecule has 0 spiro atoms. The van der Waals surface area contributed by atoms with Crippen molar-refractivity contribution in [2.75, 3.05) is 29.4 Å². The van der Waals surface area contributed by atoms with Crippen LogP contribution in [0.15, 0.2) is 48.8 Å². The van der Waals surface area contributed by atoms with Crippen LogP contribution in [0.3, 0.4) is 0 Å². The summed E-state index contributed by atoms with van der Waals surface area (Å²) >= 11 is 0. The lowest BCUT2D eigenvalue weighted by molar-refractivity contribution is -0.123. The van der Waals surface area contributed by atoms with Gasteiger partial charge in [-0.1, -0.05) is 6.07 Å². The molecule has 2 heterocycles. The molecule has 2 aromatic rings. The second-order valence-corrected chi connectivity index (χ2v) is 6.45. The van der Waals surface area contributed by atoms with Crippen molar-refractivity contribution in [3.8, 4) is 0 Å². The van der Waals surface area contributed by atoms with Gasteiger partial charge in [0.05, 0.1) is 0 Å². The summed E-state index contributed by atoms with van der Waals surface area (Å²) in [5.41, 5.74) is 2.82. The molecular formula is C20H24N4O2. The van der Waals surface area contributed by atoms with E-state index < -0.39 is 0 Å². The van der Waals surface area contributed by atoms with E-state index in [0.717, 1.165) is 30.0 Å². The van der Waals surface area contributed by atoms with E-state index >= 15 is 0 Å². The molecule has 1 aromatic heterocycles. The number of pyridine rings is 1. The van der Waals surface area contributed by atoms with E-state index in [-0.39, 0.29) is 18.4 Å². The highest BCUT2D eigenvalue weighted by Crippen LogP contribution is 2.24. The summed E-state index contributed by atoms with van der Waals surface area (Å²) in [4.78, 5) is 32.1. The highest BCUT2D eigenvalue weighted by molar-refractivity contribution is 5.97.